The Morgan fingerprint density at radius 2 is 1.10 bits per heavy atom. The summed E-state index contributed by atoms with van der Waals surface area (Å²) in [4.78, 5) is 2.87. The Kier molecular flexibility index (Phi) is 17.8. The lowest BCUT2D eigenvalue weighted by Crippen LogP contribution is -2.03. The average Bonchev–Trinajstić information content (AvgIpc) is 1.34. The number of nitrogens with two attached hydrogens (primary N) is 1. The Morgan fingerprint density at radius 3 is 1.67 bits per heavy atom. The molecule has 7 aromatic carbocycles. The minimum absolute atomic E-state index is 0.0200. The molecule has 8 rings (SSSR count). The molecule has 1 heterocycles. The number of phenolic OH excluding ortho intramolecular Hbond substituents is 2. The number of azo groups is 4. The molecule has 0 bridgehead atoms. The van der Waals surface area contributed by atoms with Crippen LogP contribution < -0.4 is 10.5 Å². The molecule has 0 fully saturated rings. The Bertz CT molecular complexity index is 5200. The van der Waals surface area contributed by atoms with Gasteiger partial charge in [-0.05, 0) is 73.7 Å². The smallest absolute Gasteiger partial charge is 0.297 e. The lowest BCUT2D eigenvalue weighted by molar-refractivity contribution is -0.432. The van der Waals surface area contributed by atoms with Crippen molar-refractivity contribution in [3.05, 3.63) is 101 Å². The molecular weight excluding hydrogens is 1340 g/mol. The number of phenols is 2. The number of rotatable bonds is 20. The summed E-state index contributed by atoms with van der Waals surface area (Å²) in [5.41, 5.74) is -2.11. The van der Waals surface area contributed by atoms with Crippen molar-refractivity contribution in [3.63, 3.8) is 0 Å². The van der Waals surface area contributed by atoms with Crippen LogP contribution in [0.3, 0.4) is 0 Å². The number of benzene rings is 7. The average molecular weight is 1370 g/mol. The van der Waals surface area contributed by atoms with Crippen molar-refractivity contribution in [2.75, 3.05) is 12.8 Å². The van der Waals surface area contributed by atoms with E-state index < -0.39 is 201 Å². The first-order chi connectivity index (χ1) is 41.3. The number of anilines is 1. The number of aromatic nitrogens is 2. The molecule has 0 atom stereocenters. The predicted molar refractivity (Wildman–Crippen MR) is 298 cm³/mol. The maximum atomic E-state index is 13.2. The number of methoxy groups -OCH3 is 1. The first-order valence-corrected chi connectivity index (χ1v) is 32.1. The molecule has 0 spiro atoms. The SMILES string of the molecule is COc1cc(S(=O)(=O)O)c(/N=N/c2c(C)nn(-c3ccc(S(=O)(=O)O)cc3)c2O)cc1N=Nc1c(S(=O)(=O)O)cc2c(S(=O)(=O)O)c(N=Nc3cc(S(=O)(=O)O)c4cc(SOOO)c(N=Nc5ccc([N+](=O)[O-])cc5S(=O)(=O)O)c(O)c4c3N)ccc2c1O. The zero-order chi connectivity index (χ0) is 65.8. The number of hydrogen-bond donors (Lipinski definition) is 11. The summed E-state index contributed by atoms with van der Waals surface area (Å²) in [7, 11) is -31.2. The lowest BCUT2D eigenvalue weighted by atomic mass is 10.0. The number of nitrogen functional groups attached to an aromatic ring is 1. The number of hydrogen-bond acceptors (Lipinski definition) is 32. The normalized spacial score (nSPS) is 13.1. The molecule has 0 aliphatic rings. The van der Waals surface area contributed by atoms with Crippen LogP contribution in [0.25, 0.3) is 27.2 Å². The highest BCUT2D eigenvalue weighted by Gasteiger charge is 2.31. The van der Waals surface area contributed by atoms with Crippen LogP contribution in [0.1, 0.15) is 5.69 Å². The molecule has 39 nitrogen and oxygen atoms in total. The van der Waals surface area contributed by atoms with Gasteiger partial charge >= 0.3 is 0 Å². The van der Waals surface area contributed by atoms with Crippen molar-refractivity contribution in [2.24, 2.45) is 40.9 Å². The molecule has 1 aromatic heterocycles. The van der Waals surface area contributed by atoms with Gasteiger partial charge in [0.2, 0.25) is 5.88 Å². The van der Waals surface area contributed by atoms with Gasteiger partial charge in [-0.3, -0.25) is 37.4 Å². The second kappa shape index (κ2) is 24.0. The number of fused-ring (bicyclic) bond motifs is 2. The van der Waals surface area contributed by atoms with E-state index in [0.717, 1.165) is 54.3 Å². The van der Waals surface area contributed by atoms with Crippen molar-refractivity contribution in [2.45, 2.75) is 41.2 Å². The van der Waals surface area contributed by atoms with E-state index in [2.05, 4.69) is 55.4 Å². The Hall–Kier alpha value is -9.24. The molecule has 46 heteroatoms. The molecule has 0 amide bonds. The third-order valence-corrected chi connectivity index (χ3v) is 17.8. The largest absolute Gasteiger partial charge is 0.505 e. The van der Waals surface area contributed by atoms with E-state index in [1.165, 1.54) is 6.92 Å². The quantitative estimate of drug-likeness (QED) is 0.00646. The Labute approximate surface area is 500 Å². The Morgan fingerprint density at radius 1 is 0.551 bits per heavy atom. The van der Waals surface area contributed by atoms with Gasteiger partial charge in [-0.15, -0.1) is 45.2 Å². The number of aromatic hydroxyl groups is 3. The number of nitro groups is 1. The van der Waals surface area contributed by atoms with E-state index in [9.17, 15) is 103 Å². The number of nitro benzene ring substituents is 1. The van der Waals surface area contributed by atoms with Crippen LogP contribution in [0, 0.1) is 17.0 Å². The van der Waals surface area contributed by atoms with Gasteiger partial charge in [0, 0.05) is 34.4 Å². The molecule has 89 heavy (non-hydrogen) atoms. The van der Waals surface area contributed by atoms with E-state index in [1.54, 1.807) is 0 Å². The van der Waals surface area contributed by atoms with Crippen LogP contribution in [0.5, 0.6) is 23.1 Å². The summed E-state index contributed by atoms with van der Waals surface area (Å²) in [6.45, 7) is 1.30. The minimum atomic E-state index is -5.75. The topological polar surface area (TPSA) is 621 Å². The van der Waals surface area contributed by atoms with Crippen molar-refractivity contribution in [1.29, 1.82) is 0 Å². The fraction of sp³-hybridized carbons (Fsp3) is 0.0465. The van der Waals surface area contributed by atoms with Crippen LogP contribution in [0.15, 0.2) is 160 Å². The summed E-state index contributed by atoms with van der Waals surface area (Å²) >= 11 is -0.0454. The number of ether oxygens (including phenoxy) is 1. The highest BCUT2D eigenvalue weighted by Crippen LogP contribution is 2.52. The summed E-state index contributed by atoms with van der Waals surface area (Å²) < 4.78 is 222. The van der Waals surface area contributed by atoms with Crippen molar-refractivity contribution in [3.8, 4) is 28.8 Å². The van der Waals surface area contributed by atoms with Crippen LogP contribution in [-0.2, 0) is 70.1 Å². The van der Waals surface area contributed by atoms with Crippen LogP contribution in [0.2, 0.25) is 0 Å². The third-order valence-electron chi connectivity index (χ3n) is 11.8. The lowest BCUT2D eigenvalue weighted by Gasteiger charge is -2.15. The second-order valence-corrected chi connectivity index (χ2v) is 26.4. The van der Waals surface area contributed by atoms with E-state index in [4.69, 9.17) is 15.7 Å². The standard InChI is InChI=1S/C43H32N12O27S7/c1-17-37(43(58)54(53-17)18-3-6-20(7-4-18)84(62,63)64)50-48-27-14-26(29(80-2)16-33(27)87(71,72)73)47-52-39-34(88(74,75)76)13-22-21(40(39)56)8-10-25(42(22)89(77,78)79)46-49-28-15-31(85(65,66)67)23-12-30(83-82-81-61)38(41(57)35(23)36(28)44)51-45-24-9-5-19(55(59)60)11-32(24)86(68,69)70/h3-16,56-58,61H,44H2,1-2H3,(H,62,63,64)(H,65,66,67)(H,68,69,70)(H,71,72,73)(H,74,75,76)(H,77,78,79)/b49-46?,50-48+,51-45?,52-47?. The number of non-ortho nitro benzene ring substituents is 1. The van der Waals surface area contributed by atoms with Gasteiger partial charge in [0.1, 0.15) is 70.0 Å². The Balaban J connectivity index is 1.25. The maximum absolute atomic E-state index is 13.2. The van der Waals surface area contributed by atoms with Crippen molar-refractivity contribution >= 4 is 151 Å². The molecule has 468 valence electrons. The fourth-order valence-electron chi connectivity index (χ4n) is 8.00. The zero-order valence-electron chi connectivity index (χ0n) is 43.3. The number of nitrogens with zero attached hydrogens (tertiary/aromatic N) is 11. The molecule has 12 N–H and O–H groups in total. The molecule has 0 unspecified atom stereocenters. The number of aryl methyl sites for hydroxylation is 1. The van der Waals surface area contributed by atoms with Gasteiger partial charge in [-0.1, -0.05) is 5.04 Å². The summed E-state index contributed by atoms with van der Waals surface area (Å²) in [5.74, 6) is -3.94. The first kappa shape index (κ1) is 65.7. The monoisotopic (exact) mass is 1370 g/mol. The van der Waals surface area contributed by atoms with E-state index in [-0.39, 0.29) is 23.4 Å². The molecular formula is C43H32N12O27S7. The van der Waals surface area contributed by atoms with Gasteiger partial charge in [0.25, 0.3) is 66.4 Å². The van der Waals surface area contributed by atoms with Gasteiger partial charge in [0.15, 0.2) is 17.2 Å². The zero-order valence-corrected chi connectivity index (χ0v) is 49.1. The summed E-state index contributed by atoms with van der Waals surface area (Å²) in [6, 6.07) is 10.4. The highest BCUT2D eigenvalue weighted by atomic mass is 32.2. The predicted octanol–water partition coefficient (Wildman–Crippen LogP) is 8.67. The second-order valence-electron chi connectivity index (χ2n) is 17.3. The van der Waals surface area contributed by atoms with Gasteiger partial charge in [0.05, 0.1) is 56.3 Å². The van der Waals surface area contributed by atoms with E-state index >= 15 is 0 Å². The molecule has 8 aromatic rings. The van der Waals surface area contributed by atoms with Crippen molar-refractivity contribution in [1.82, 2.24) is 9.78 Å². The summed E-state index contributed by atoms with van der Waals surface area (Å²) in [6.07, 6.45) is 0. The van der Waals surface area contributed by atoms with Gasteiger partial charge in [-0.25, -0.2) is 5.26 Å². The maximum Gasteiger partial charge on any atom is 0.297 e. The molecule has 0 saturated heterocycles. The minimum Gasteiger partial charge on any atom is -0.505 e. The molecule has 0 radical (unpaired) electrons. The molecule has 0 aliphatic heterocycles. The summed E-state index contributed by atoms with van der Waals surface area (Å²) in [5, 5.41) is 88.6. The molecule has 0 aliphatic carbocycles. The van der Waals surface area contributed by atoms with Gasteiger partial charge < -0.3 is 25.8 Å². The highest BCUT2D eigenvalue weighted by molar-refractivity contribution is 7.94. The first-order valence-electron chi connectivity index (χ1n) is 22.8. The molecule has 0 saturated carbocycles. The van der Waals surface area contributed by atoms with Gasteiger partial charge in [-0.2, -0.15) is 60.3 Å². The van der Waals surface area contributed by atoms with Crippen molar-refractivity contribution < 1.29 is 117 Å². The van der Waals surface area contributed by atoms with Crippen LogP contribution in [-0.4, -0.2) is 120 Å². The third kappa shape index (κ3) is 13.6. The van der Waals surface area contributed by atoms with E-state index in [1.807, 2.05) is 0 Å². The van der Waals surface area contributed by atoms with E-state index in [0.29, 0.717) is 42.5 Å². The van der Waals surface area contributed by atoms with Crippen LogP contribution in [0.4, 0.5) is 56.9 Å². The fourth-order valence-corrected chi connectivity index (χ4v) is 12.4. The van der Waals surface area contributed by atoms with Crippen LogP contribution >= 0.6 is 12.0 Å².